The van der Waals surface area contributed by atoms with E-state index in [-0.39, 0.29) is 23.0 Å². The van der Waals surface area contributed by atoms with Crippen molar-refractivity contribution in [2.75, 3.05) is 0 Å². The van der Waals surface area contributed by atoms with Crippen molar-refractivity contribution >= 4 is 33.5 Å². The number of fused-ring (bicyclic) bond motifs is 1. The molecule has 4 heterocycles. The smallest absolute Gasteiger partial charge is 0.226 e. The molecule has 0 atom stereocenters. The highest BCUT2D eigenvalue weighted by molar-refractivity contribution is 7.15. The molecule has 27 heavy (non-hydrogen) atoms. The first-order chi connectivity index (χ1) is 12.7. The van der Waals surface area contributed by atoms with Crippen molar-refractivity contribution in [2.24, 2.45) is 0 Å². The standard InChI is InChI=1S/C20H26N4OS2/c1-19(2)9-13(10-20(3,4)23-19)21-17(25)8-14-12-27-18-22-15(11-24(14)18)16-6-5-7-26-16/h5-7,11-13,23H,8-10H2,1-4H3,(H,21,25). The summed E-state index contributed by atoms with van der Waals surface area (Å²) in [6, 6.07) is 4.30. The molecule has 3 aromatic rings. The van der Waals surface area contributed by atoms with Gasteiger partial charge in [0.15, 0.2) is 4.96 Å². The zero-order valence-electron chi connectivity index (χ0n) is 16.2. The predicted molar refractivity (Wildman–Crippen MR) is 113 cm³/mol. The summed E-state index contributed by atoms with van der Waals surface area (Å²) in [6.45, 7) is 8.81. The van der Waals surface area contributed by atoms with Crippen LogP contribution in [0.3, 0.4) is 0 Å². The Morgan fingerprint density at radius 3 is 2.70 bits per heavy atom. The Bertz CT molecular complexity index is 936. The van der Waals surface area contributed by atoms with E-state index < -0.39 is 0 Å². The fourth-order valence-electron chi connectivity index (χ4n) is 4.37. The first-order valence-electron chi connectivity index (χ1n) is 9.29. The Kier molecular flexibility index (Phi) is 4.64. The van der Waals surface area contributed by atoms with E-state index in [9.17, 15) is 4.79 Å². The Morgan fingerprint density at radius 1 is 1.30 bits per heavy atom. The summed E-state index contributed by atoms with van der Waals surface area (Å²) >= 11 is 3.27. The van der Waals surface area contributed by atoms with Crippen LogP contribution in [0.4, 0.5) is 0 Å². The van der Waals surface area contributed by atoms with Crippen molar-refractivity contribution < 1.29 is 4.79 Å². The van der Waals surface area contributed by atoms with E-state index >= 15 is 0 Å². The summed E-state index contributed by atoms with van der Waals surface area (Å²) in [5.74, 6) is 0.0829. The van der Waals surface area contributed by atoms with Crippen LogP contribution < -0.4 is 10.6 Å². The van der Waals surface area contributed by atoms with E-state index in [1.807, 2.05) is 17.6 Å². The number of nitrogens with one attached hydrogen (secondary N) is 2. The number of aromatic nitrogens is 2. The number of carbonyl (C=O) groups is 1. The van der Waals surface area contributed by atoms with Gasteiger partial charge in [0.05, 0.1) is 11.3 Å². The minimum Gasteiger partial charge on any atom is -0.353 e. The minimum absolute atomic E-state index is 0.0231. The van der Waals surface area contributed by atoms with Crippen LogP contribution >= 0.6 is 22.7 Å². The molecule has 0 spiro atoms. The molecule has 3 aromatic heterocycles. The van der Waals surface area contributed by atoms with Gasteiger partial charge in [0.25, 0.3) is 0 Å². The number of nitrogens with zero attached hydrogens (tertiary/aromatic N) is 2. The lowest BCUT2D eigenvalue weighted by Crippen LogP contribution is -2.62. The lowest BCUT2D eigenvalue weighted by molar-refractivity contribution is -0.121. The molecule has 7 heteroatoms. The van der Waals surface area contributed by atoms with E-state index in [0.717, 1.165) is 34.1 Å². The largest absolute Gasteiger partial charge is 0.353 e. The SMILES string of the molecule is CC1(C)CC(NC(=O)Cc2csc3nc(-c4cccs4)cn23)CC(C)(C)N1. The summed E-state index contributed by atoms with van der Waals surface area (Å²) in [7, 11) is 0. The Hall–Kier alpha value is -1.70. The highest BCUT2D eigenvalue weighted by atomic mass is 32.1. The third-order valence-electron chi connectivity index (χ3n) is 4.95. The second-order valence-corrected chi connectivity index (χ2v) is 10.5. The maximum atomic E-state index is 12.7. The molecule has 4 rings (SSSR count). The number of thiazole rings is 1. The van der Waals surface area contributed by atoms with Gasteiger partial charge in [0.1, 0.15) is 5.69 Å². The normalized spacial score (nSPS) is 19.4. The quantitative estimate of drug-likeness (QED) is 0.691. The second-order valence-electron chi connectivity index (χ2n) is 8.73. The molecule has 0 unspecified atom stereocenters. The van der Waals surface area contributed by atoms with Gasteiger partial charge in [-0.2, -0.15) is 0 Å². The van der Waals surface area contributed by atoms with Gasteiger partial charge in [-0.15, -0.1) is 22.7 Å². The average molecular weight is 403 g/mol. The number of piperidine rings is 1. The summed E-state index contributed by atoms with van der Waals surface area (Å²) in [4.78, 5) is 19.5. The van der Waals surface area contributed by atoms with Gasteiger partial charge in [-0.05, 0) is 52.0 Å². The molecule has 0 saturated carbocycles. The van der Waals surface area contributed by atoms with Crippen LogP contribution in [0.15, 0.2) is 29.1 Å². The molecular formula is C20H26N4OS2. The van der Waals surface area contributed by atoms with Crippen LogP contribution in [0.2, 0.25) is 0 Å². The van der Waals surface area contributed by atoms with Gasteiger partial charge in [0.2, 0.25) is 5.91 Å². The zero-order valence-corrected chi connectivity index (χ0v) is 17.8. The highest BCUT2D eigenvalue weighted by Crippen LogP contribution is 2.29. The first-order valence-corrected chi connectivity index (χ1v) is 11.0. The molecule has 0 aliphatic carbocycles. The number of amides is 1. The first kappa shape index (κ1) is 18.7. The van der Waals surface area contributed by atoms with Gasteiger partial charge < -0.3 is 10.6 Å². The Morgan fingerprint density at radius 2 is 2.04 bits per heavy atom. The monoisotopic (exact) mass is 402 g/mol. The third-order valence-corrected chi connectivity index (χ3v) is 6.74. The van der Waals surface area contributed by atoms with E-state index in [4.69, 9.17) is 0 Å². The molecule has 1 amide bonds. The van der Waals surface area contributed by atoms with Crippen molar-refractivity contribution in [3.8, 4) is 10.6 Å². The average Bonchev–Trinajstić information content (AvgIpc) is 3.20. The predicted octanol–water partition coefficient (Wildman–Crippen LogP) is 4.09. The van der Waals surface area contributed by atoms with Gasteiger partial charge in [-0.1, -0.05) is 6.07 Å². The number of carbonyl (C=O) groups excluding carboxylic acids is 1. The third kappa shape index (κ3) is 4.10. The van der Waals surface area contributed by atoms with Crippen LogP contribution in [0.25, 0.3) is 15.5 Å². The molecule has 1 saturated heterocycles. The van der Waals surface area contributed by atoms with Crippen LogP contribution in [-0.4, -0.2) is 32.4 Å². The van der Waals surface area contributed by atoms with Gasteiger partial charge in [0, 0.05) is 34.4 Å². The number of rotatable bonds is 4. The zero-order chi connectivity index (χ0) is 19.2. The fourth-order valence-corrected chi connectivity index (χ4v) is 5.92. The summed E-state index contributed by atoms with van der Waals surface area (Å²) in [6.07, 6.45) is 4.30. The lowest BCUT2D eigenvalue weighted by Gasteiger charge is -2.46. The topological polar surface area (TPSA) is 58.4 Å². The summed E-state index contributed by atoms with van der Waals surface area (Å²) < 4.78 is 2.05. The molecular weight excluding hydrogens is 376 g/mol. The van der Waals surface area contributed by atoms with E-state index in [1.165, 1.54) is 0 Å². The van der Waals surface area contributed by atoms with Crippen LogP contribution in [0, 0.1) is 0 Å². The van der Waals surface area contributed by atoms with E-state index in [1.54, 1.807) is 22.7 Å². The minimum atomic E-state index is 0.0231. The molecule has 144 valence electrons. The number of hydrogen-bond acceptors (Lipinski definition) is 5. The summed E-state index contributed by atoms with van der Waals surface area (Å²) in [5.41, 5.74) is 2.01. The lowest BCUT2D eigenvalue weighted by atomic mass is 9.79. The van der Waals surface area contributed by atoms with Gasteiger partial charge in [-0.25, -0.2) is 4.98 Å². The number of imidazole rings is 1. The van der Waals surface area contributed by atoms with Crippen molar-refractivity contribution in [1.29, 1.82) is 0 Å². The number of thiophene rings is 1. The molecule has 2 N–H and O–H groups in total. The van der Waals surface area contributed by atoms with Crippen LogP contribution in [0.1, 0.15) is 46.2 Å². The van der Waals surface area contributed by atoms with Crippen LogP contribution in [0.5, 0.6) is 0 Å². The van der Waals surface area contributed by atoms with Crippen molar-refractivity contribution in [1.82, 2.24) is 20.0 Å². The highest BCUT2D eigenvalue weighted by Gasteiger charge is 2.38. The van der Waals surface area contributed by atoms with Gasteiger partial charge in [-0.3, -0.25) is 9.20 Å². The molecule has 1 fully saturated rings. The number of hydrogen-bond donors (Lipinski definition) is 2. The fraction of sp³-hybridized carbons (Fsp3) is 0.500. The maximum Gasteiger partial charge on any atom is 0.226 e. The van der Waals surface area contributed by atoms with E-state index in [2.05, 4.69) is 59.2 Å². The van der Waals surface area contributed by atoms with Crippen molar-refractivity contribution in [3.05, 3.63) is 34.8 Å². The van der Waals surface area contributed by atoms with Crippen molar-refractivity contribution in [2.45, 2.75) is 64.1 Å². The second kappa shape index (κ2) is 6.72. The van der Waals surface area contributed by atoms with Crippen molar-refractivity contribution in [3.63, 3.8) is 0 Å². The molecule has 1 aliphatic heterocycles. The summed E-state index contributed by atoms with van der Waals surface area (Å²) in [5, 5.41) is 11.0. The molecule has 0 aromatic carbocycles. The van der Waals surface area contributed by atoms with Gasteiger partial charge >= 0.3 is 0 Å². The molecule has 0 radical (unpaired) electrons. The Labute approximate surface area is 167 Å². The Balaban J connectivity index is 1.47. The van der Waals surface area contributed by atoms with E-state index in [0.29, 0.717) is 6.42 Å². The molecule has 1 aliphatic rings. The molecule has 0 bridgehead atoms. The molecule has 5 nitrogen and oxygen atoms in total. The maximum absolute atomic E-state index is 12.7. The van der Waals surface area contributed by atoms with Crippen LogP contribution in [-0.2, 0) is 11.2 Å².